The lowest BCUT2D eigenvalue weighted by molar-refractivity contribution is 0.0266. The Balaban J connectivity index is 1.81. The number of hydrazine groups is 1. The van der Waals surface area contributed by atoms with E-state index in [4.69, 9.17) is 0 Å². The molecule has 1 N–H and O–H groups in total. The Morgan fingerprint density at radius 2 is 1.58 bits per heavy atom. The van der Waals surface area contributed by atoms with Crippen LogP contribution in [-0.2, 0) is 0 Å². The van der Waals surface area contributed by atoms with Gasteiger partial charge in [-0.1, -0.05) is 39.0 Å². The topological polar surface area (TPSA) is 15.3 Å². The normalized spacial score (nSPS) is 38.1. The Labute approximate surface area is 120 Å². The molecular weight excluding hydrogens is 232 g/mol. The second-order valence-electron chi connectivity index (χ2n) is 7.03. The predicted molar refractivity (Wildman–Crippen MR) is 83.0 cm³/mol. The van der Waals surface area contributed by atoms with Gasteiger partial charge in [0, 0.05) is 18.1 Å². The lowest BCUT2D eigenvalue weighted by Crippen LogP contribution is -2.55. The van der Waals surface area contributed by atoms with Crippen molar-refractivity contribution in [2.75, 3.05) is 0 Å². The van der Waals surface area contributed by atoms with Crippen molar-refractivity contribution >= 4 is 0 Å². The summed E-state index contributed by atoms with van der Waals surface area (Å²) in [6.45, 7) is 7.11. The maximum absolute atomic E-state index is 3.89. The molecule has 1 saturated carbocycles. The average molecular weight is 266 g/mol. The summed E-state index contributed by atoms with van der Waals surface area (Å²) in [5, 5.41) is 2.58. The van der Waals surface area contributed by atoms with E-state index in [0.717, 1.165) is 24.0 Å². The first-order valence-corrected chi connectivity index (χ1v) is 8.75. The van der Waals surface area contributed by atoms with Gasteiger partial charge in [-0.25, -0.2) is 5.01 Å². The molecule has 0 aromatic carbocycles. The SMILES string of the molecule is CCCC1CCCC(NN2C(C)CCCC2C)CC1. The first-order chi connectivity index (χ1) is 9.20. The van der Waals surface area contributed by atoms with E-state index in [9.17, 15) is 0 Å². The van der Waals surface area contributed by atoms with Crippen LogP contribution >= 0.6 is 0 Å². The molecule has 2 rings (SSSR count). The van der Waals surface area contributed by atoms with E-state index < -0.39 is 0 Å². The number of rotatable bonds is 4. The van der Waals surface area contributed by atoms with Crippen molar-refractivity contribution in [3.8, 4) is 0 Å². The molecule has 1 aliphatic carbocycles. The van der Waals surface area contributed by atoms with Crippen LogP contribution in [0.5, 0.6) is 0 Å². The molecule has 1 aliphatic heterocycles. The van der Waals surface area contributed by atoms with Crippen LogP contribution in [0.15, 0.2) is 0 Å². The standard InChI is InChI=1S/C17H34N2/c1-4-7-16-10-6-11-17(13-12-16)18-19-14(2)8-5-9-15(19)3/h14-18H,4-13H2,1-3H3. The third-order valence-electron chi connectivity index (χ3n) is 5.31. The summed E-state index contributed by atoms with van der Waals surface area (Å²) in [5.41, 5.74) is 3.89. The van der Waals surface area contributed by atoms with Gasteiger partial charge in [-0.2, -0.15) is 0 Å². The number of hydrogen-bond donors (Lipinski definition) is 1. The molecule has 2 heteroatoms. The maximum atomic E-state index is 3.89. The Morgan fingerprint density at radius 1 is 0.895 bits per heavy atom. The van der Waals surface area contributed by atoms with Crippen LogP contribution in [0.1, 0.15) is 85.0 Å². The highest BCUT2D eigenvalue weighted by molar-refractivity contribution is 4.81. The van der Waals surface area contributed by atoms with Crippen molar-refractivity contribution in [2.24, 2.45) is 5.92 Å². The lowest BCUT2D eigenvalue weighted by Gasteiger charge is -2.41. The van der Waals surface area contributed by atoms with Crippen LogP contribution in [0.4, 0.5) is 0 Å². The van der Waals surface area contributed by atoms with E-state index >= 15 is 0 Å². The summed E-state index contributed by atoms with van der Waals surface area (Å²) in [6, 6.07) is 2.18. The third-order valence-corrected chi connectivity index (χ3v) is 5.31. The van der Waals surface area contributed by atoms with Gasteiger partial charge in [0.15, 0.2) is 0 Å². The van der Waals surface area contributed by atoms with Gasteiger partial charge < -0.3 is 0 Å². The molecule has 2 nitrogen and oxygen atoms in total. The van der Waals surface area contributed by atoms with Gasteiger partial charge in [0.25, 0.3) is 0 Å². The molecule has 112 valence electrons. The van der Waals surface area contributed by atoms with Crippen molar-refractivity contribution in [3.63, 3.8) is 0 Å². The fourth-order valence-corrected chi connectivity index (χ4v) is 4.09. The minimum absolute atomic E-state index is 0.721. The molecule has 0 aromatic heterocycles. The zero-order valence-electron chi connectivity index (χ0n) is 13.3. The largest absolute Gasteiger partial charge is 0.252 e. The first kappa shape index (κ1) is 15.3. The predicted octanol–water partition coefficient (Wildman–Crippen LogP) is 4.50. The number of hydrogen-bond acceptors (Lipinski definition) is 2. The molecule has 1 saturated heterocycles. The Hall–Kier alpha value is -0.0800. The summed E-state index contributed by atoms with van der Waals surface area (Å²) in [7, 11) is 0. The molecule has 1 heterocycles. The molecule has 0 radical (unpaired) electrons. The van der Waals surface area contributed by atoms with Crippen LogP contribution in [-0.4, -0.2) is 23.1 Å². The zero-order chi connectivity index (χ0) is 13.7. The van der Waals surface area contributed by atoms with Crippen LogP contribution < -0.4 is 5.43 Å². The Bertz CT molecular complexity index is 244. The molecule has 0 spiro atoms. The van der Waals surface area contributed by atoms with E-state index in [-0.39, 0.29) is 0 Å². The second-order valence-corrected chi connectivity index (χ2v) is 7.03. The molecule has 4 atom stereocenters. The average Bonchev–Trinajstić information content (AvgIpc) is 2.60. The highest BCUT2D eigenvalue weighted by Crippen LogP contribution is 2.28. The molecule has 2 fully saturated rings. The molecular formula is C17H34N2. The number of piperidine rings is 1. The van der Waals surface area contributed by atoms with Crippen molar-refractivity contribution in [2.45, 2.75) is 103 Å². The molecule has 4 unspecified atom stereocenters. The van der Waals surface area contributed by atoms with E-state index in [2.05, 4.69) is 31.2 Å². The smallest absolute Gasteiger partial charge is 0.0218 e. The van der Waals surface area contributed by atoms with Crippen molar-refractivity contribution in [1.29, 1.82) is 0 Å². The van der Waals surface area contributed by atoms with Gasteiger partial charge in [-0.3, -0.25) is 5.43 Å². The van der Waals surface area contributed by atoms with Crippen LogP contribution in [0.3, 0.4) is 0 Å². The zero-order valence-corrected chi connectivity index (χ0v) is 13.3. The van der Waals surface area contributed by atoms with Crippen LogP contribution in [0, 0.1) is 5.92 Å². The maximum Gasteiger partial charge on any atom is 0.0218 e. The van der Waals surface area contributed by atoms with Gasteiger partial charge in [0.05, 0.1) is 0 Å². The minimum atomic E-state index is 0.721. The van der Waals surface area contributed by atoms with Crippen LogP contribution in [0.25, 0.3) is 0 Å². The Kier molecular flexibility index (Phi) is 6.15. The highest BCUT2D eigenvalue weighted by Gasteiger charge is 2.27. The first-order valence-electron chi connectivity index (χ1n) is 8.75. The summed E-state index contributed by atoms with van der Waals surface area (Å²) < 4.78 is 0. The number of nitrogens with one attached hydrogen (secondary N) is 1. The number of nitrogens with zero attached hydrogens (tertiary/aromatic N) is 1. The van der Waals surface area contributed by atoms with Crippen molar-refractivity contribution < 1.29 is 0 Å². The van der Waals surface area contributed by atoms with Crippen molar-refractivity contribution in [3.05, 3.63) is 0 Å². The van der Waals surface area contributed by atoms with E-state index in [1.165, 1.54) is 64.2 Å². The molecule has 0 bridgehead atoms. The van der Waals surface area contributed by atoms with Gasteiger partial charge in [0.2, 0.25) is 0 Å². The van der Waals surface area contributed by atoms with Gasteiger partial charge in [-0.15, -0.1) is 0 Å². The summed E-state index contributed by atoms with van der Waals surface area (Å²) in [6.07, 6.45) is 14.1. The van der Waals surface area contributed by atoms with E-state index in [1.54, 1.807) is 0 Å². The summed E-state index contributed by atoms with van der Waals surface area (Å²) >= 11 is 0. The minimum Gasteiger partial charge on any atom is -0.252 e. The van der Waals surface area contributed by atoms with Gasteiger partial charge in [0.1, 0.15) is 0 Å². The second kappa shape index (κ2) is 7.64. The van der Waals surface area contributed by atoms with Crippen molar-refractivity contribution in [1.82, 2.24) is 10.4 Å². The monoisotopic (exact) mass is 266 g/mol. The summed E-state index contributed by atoms with van der Waals surface area (Å²) in [4.78, 5) is 0. The fourth-order valence-electron chi connectivity index (χ4n) is 4.09. The lowest BCUT2D eigenvalue weighted by atomic mass is 9.95. The van der Waals surface area contributed by atoms with Crippen LogP contribution in [0.2, 0.25) is 0 Å². The highest BCUT2D eigenvalue weighted by atomic mass is 15.5. The van der Waals surface area contributed by atoms with E-state index in [0.29, 0.717) is 0 Å². The summed E-state index contributed by atoms with van der Waals surface area (Å²) in [5.74, 6) is 1.01. The Morgan fingerprint density at radius 3 is 2.26 bits per heavy atom. The molecule has 2 aliphatic rings. The molecule has 0 aromatic rings. The fraction of sp³-hybridized carbons (Fsp3) is 1.00. The van der Waals surface area contributed by atoms with E-state index in [1.807, 2.05) is 0 Å². The van der Waals surface area contributed by atoms with Gasteiger partial charge in [-0.05, 0) is 51.9 Å². The molecule has 0 amide bonds. The van der Waals surface area contributed by atoms with Gasteiger partial charge >= 0.3 is 0 Å². The quantitative estimate of drug-likeness (QED) is 0.754. The molecule has 19 heavy (non-hydrogen) atoms. The third kappa shape index (κ3) is 4.46.